The molecule has 0 saturated carbocycles. The molecule has 0 bridgehead atoms. The van der Waals surface area contributed by atoms with Gasteiger partial charge in [0.05, 0.1) is 6.04 Å². The number of nitrogens with one attached hydrogen (secondary N) is 2. The van der Waals surface area contributed by atoms with E-state index < -0.39 is 6.36 Å². The first-order valence-electron chi connectivity index (χ1n) is 9.92. The number of hydrogen-bond donors (Lipinski definition) is 2. The third-order valence-electron chi connectivity index (χ3n) is 5.64. The molecule has 2 fully saturated rings. The van der Waals surface area contributed by atoms with Gasteiger partial charge in [0.2, 0.25) is 5.91 Å². The van der Waals surface area contributed by atoms with Gasteiger partial charge in [-0.2, -0.15) is 0 Å². The summed E-state index contributed by atoms with van der Waals surface area (Å²) in [6.45, 7) is 5.43. The molecule has 29 heavy (non-hydrogen) atoms. The summed E-state index contributed by atoms with van der Waals surface area (Å²) in [5.74, 6) is 0.264. The van der Waals surface area contributed by atoms with Crippen molar-refractivity contribution in [2.45, 2.75) is 51.1 Å². The highest BCUT2D eigenvalue weighted by Gasteiger charge is 2.31. The Labute approximate surface area is 175 Å². The molecular formula is C20H29ClF3N3O2. The number of benzene rings is 1. The van der Waals surface area contributed by atoms with E-state index in [0.717, 1.165) is 50.9 Å². The van der Waals surface area contributed by atoms with Gasteiger partial charge in [0.15, 0.2) is 0 Å². The molecule has 2 aliphatic rings. The van der Waals surface area contributed by atoms with Crippen LogP contribution in [0.5, 0.6) is 5.75 Å². The van der Waals surface area contributed by atoms with Crippen LogP contribution in [0.3, 0.4) is 0 Å². The van der Waals surface area contributed by atoms with E-state index in [4.69, 9.17) is 0 Å². The molecule has 3 unspecified atom stereocenters. The Balaban J connectivity index is 0.00000300. The maximum atomic E-state index is 12.3. The smallest absolute Gasteiger partial charge is 0.406 e. The van der Waals surface area contributed by atoms with E-state index in [0.29, 0.717) is 12.5 Å². The van der Waals surface area contributed by atoms with Crippen molar-refractivity contribution in [1.29, 1.82) is 0 Å². The van der Waals surface area contributed by atoms with Crippen LogP contribution in [-0.2, 0) is 4.79 Å². The lowest BCUT2D eigenvalue weighted by Crippen LogP contribution is -2.45. The highest BCUT2D eigenvalue weighted by atomic mass is 35.5. The number of amides is 1. The minimum absolute atomic E-state index is 0. The van der Waals surface area contributed by atoms with Crippen molar-refractivity contribution in [3.05, 3.63) is 29.8 Å². The summed E-state index contributed by atoms with van der Waals surface area (Å²) in [5, 5.41) is 6.28. The van der Waals surface area contributed by atoms with Gasteiger partial charge in [-0.05, 0) is 69.3 Å². The average Bonchev–Trinajstić information content (AvgIpc) is 3.20. The van der Waals surface area contributed by atoms with Gasteiger partial charge in [-0.1, -0.05) is 12.1 Å². The number of rotatable bonds is 6. The number of alkyl halides is 3. The van der Waals surface area contributed by atoms with Crippen molar-refractivity contribution in [2.75, 3.05) is 26.2 Å². The Hall–Kier alpha value is -1.51. The topological polar surface area (TPSA) is 53.6 Å². The van der Waals surface area contributed by atoms with Gasteiger partial charge in [-0.3, -0.25) is 9.69 Å². The van der Waals surface area contributed by atoms with Gasteiger partial charge in [-0.15, -0.1) is 25.6 Å². The Morgan fingerprint density at radius 1 is 1.28 bits per heavy atom. The zero-order valence-electron chi connectivity index (χ0n) is 16.5. The summed E-state index contributed by atoms with van der Waals surface area (Å²) in [7, 11) is 0. The van der Waals surface area contributed by atoms with Gasteiger partial charge in [-0.25, -0.2) is 0 Å². The fraction of sp³-hybridized carbons (Fsp3) is 0.650. The molecule has 2 saturated heterocycles. The first kappa shape index (κ1) is 23.8. The molecule has 3 rings (SSSR count). The first-order chi connectivity index (χ1) is 13.3. The molecule has 0 radical (unpaired) electrons. The monoisotopic (exact) mass is 435 g/mol. The summed E-state index contributed by atoms with van der Waals surface area (Å²) in [6, 6.07) is 6.11. The Bertz CT molecular complexity index is 651. The normalized spacial score (nSPS) is 23.9. The zero-order chi connectivity index (χ0) is 20.1. The van der Waals surface area contributed by atoms with Crippen molar-refractivity contribution in [3.8, 4) is 5.75 Å². The predicted molar refractivity (Wildman–Crippen MR) is 107 cm³/mol. The molecule has 164 valence electrons. The van der Waals surface area contributed by atoms with Crippen molar-refractivity contribution >= 4 is 18.3 Å². The predicted octanol–water partition coefficient (Wildman–Crippen LogP) is 3.65. The van der Waals surface area contributed by atoms with Crippen LogP contribution in [0, 0.1) is 5.92 Å². The molecule has 1 amide bonds. The lowest BCUT2D eigenvalue weighted by molar-refractivity contribution is -0.274. The standard InChI is InChI=1S/C20H28F3N3O2.ClH/c1-14(16-6-8-17(9-7-16)28-20(21,22)23)26-11-3-4-15(13-26)12-25-19(27)18-5-2-10-24-18;/h6-9,14-15,18,24H,2-5,10-13H2,1H3,(H,25,27);1H. The van der Waals surface area contributed by atoms with Gasteiger partial charge in [0, 0.05) is 19.1 Å². The largest absolute Gasteiger partial charge is 0.573 e. The molecule has 1 aromatic rings. The third kappa shape index (κ3) is 7.04. The fourth-order valence-corrected chi connectivity index (χ4v) is 4.05. The minimum atomic E-state index is -4.67. The SMILES string of the molecule is CC(c1ccc(OC(F)(F)F)cc1)N1CCCC(CNC(=O)C2CCCN2)C1.Cl. The number of halogens is 4. The lowest BCUT2D eigenvalue weighted by atomic mass is 9.95. The van der Waals surface area contributed by atoms with Crippen LogP contribution < -0.4 is 15.4 Å². The Kier molecular flexibility index (Phi) is 8.60. The number of carbonyl (C=O) groups is 1. The maximum Gasteiger partial charge on any atom is 0.573 e. The van der Waals surface area contributed by atoms with Gasteiger partial charge in [0.1, 0.15) is 5.75 Å². The van der Waals surface area contributed by atoms with Gasteiger partial charge >= 0.3 is 6.36 Å². The van der Waals surface area contributed by atoms with Gasteiger partial charge < -0.3 is 15.4 Å². The Morgan fingerprint density at radius 3 is 2.62 bits per heavy atom. The molecule has 1 aromatic carbocycles. The number of nitrogens with zero attached hydrogens (tertiary/aromatic N) is 1. The second kappa shape index (κ2) is 10.5. The number of piperidine rings is 1. The van der Waals surface area contributed by atoms with E-state index in [1.54, 1.807) is 12.1 Å². The summed E-state index contributed by atoms with van der Waals surface area (Å²) < 4.78 is 40.8. The lowest BCUT2D eigenvalue weighted by Gasteiger charge is -2.37. The van der Waals surface area contributed by atoms with Crippen molar-refractivity contribution in [1.82, 2.24) is 15.5 Å². The van der Waals surface area contributed by atoms with E-state index >= 15 is 0 Å². The summed E-state index contributed by atoms with van der Waals surface area (Å²) in [5.41, 5.74) is 0.953. The van der Waals surface area contributed by atoms with Crippen LogP contribution in [-0.4, -0.2) is 49.4 Å². The van der Waals surface area contributed by atoms with E-state index in [2.05, 4.69) is 27.2 Å². The molecule has 0 aromatic heterocycles. The molecule has 9 heteroatoms. The number of carbonyl (C=O) groups excluding carboxylic acids is 1. The summed E-state index contributed by atoms with van der Waals surface area (Å²) in [4.78, 5) is 14.5. The molecule has 2 aliphatic heterocycles. The first-order valence-corrected chi connectivity index (χ1v) is 9.92. The molecule has 3 atom stereocenters. The molecule has 5 nitrogen and oxygen atoms in total. The van der Waals surface area contributed by atoms with Crippen LogP contribution in [0.25, 0.3) is 0 Å². The Morgan fingerprint density at radius 2 is 2.00 bits per heavy atom. The molecule has 0 spiro atoms. The fourth-order valence-electron chi connectivity index (χ4n) is 4.05. The quantitative estimate of drug-likeness (QED) is 0.716. The van der Waals surface area contributed by atoms with E-state index in [1.807, 2.05) is 0 Å². The maximum absolute atomic E-state index is 12.3. The number of hydrogen-bond acceptors (Lipinski definition) is 4. The minimum Gasteiger partial charge on any atom is -0.406 e. The van der Waals surface area contributed by atoms with Crippen LogP contribution in [0.4, 0.5) is 13.2 Å². The van der Waals surface area contributed by atoms with Crippen LogP contribution >= 0.6 is 12.4 Å². The second-order valence-electron chi connectivity index (χ2n) is 7.69. The summed E-state index contributed by atoms with van der Waals surface area (Å²) >= 11 is 0. The molecule has 2 N–H and O–H groups in total. The average molecular weight is 436 g/mol. The third-order valence-corrected chi connectivity index (χ3v) is 5.64. The van der Waals surface area contributed by atoms with Gasteiger partial charge in [0.25, 0.3) is 0 Å². The molecule has 0 aliphatic carbocycles. The van der Waals surface area contributed by atoms with Crippen molar-refractivity contribution in [3.63, 3.8) is 0 Å². The van der Waals surface area contributed by atoms with Crippen molar-refractivity contribution in [2.24, 2.45) is 5.92 Å². The number of ether oxygens (including phenoxy) is 1. The highest BCUT2D eigenvalue weighted by Crippen LogP contribution is 2.29. The summed E-state index contributed by atoms with van der Waals surface area (Å²) in [6.07, 6.45) is -0.624. The molecular weight excluding hydrogens is 407 g/mol. The zero-order valence-corrected chi connectivity index (χ0v) is 17.3. The van der Waals surface area contributed by atoms with E-state index in [9.17, 15) is 18.0 Å². The highest BCUT2D eigenvalue weighted by molar-refractivity contribution is 5.85. The number of likely N-dealkylation sites (tertiary alicyclic amines) is 1. The van der Waals surface area contributed by atoms with E-state index in [-0.39, 0.29) is 36.1 Å². The molecule has 2 heterocycles. The second-order valence-corrected chi connectivity index (χ2v) is 7.69. The van der Waals surface area contributed by atoms with Crippen LogP contribution in [0.15, 0.2) is 24.3 Å². The van der Waals surface area contributed by atoms with Crippen LogP contribution in [0.1, 0.15) is 44.2 Å². The van der Waals surface area contributed by atoms with Crippen molar-refractivity contribution < 1.29 is 22.7 Å². The van der Waals surface area contributed by atoms with E-state index in [1.165, 1.54) is 12.1 Å². The van der Waals surface area contributed by atoms with Crippen LogP contribution in [0.2, 0.25) is 0 Å².